The van der Waals surface area contributed by atoms with Gasteiger partial charge in [0.1, 0.15) is 0 Å². The van der Waals surface area contributed by atoms with Crippen molar-refractivity contribution in [3.63, 3.8) is 0 Å². The number of amides is 1. The number of fused-ring (bicyclic) bond motifs is 1. The van der Waals surface area contributed by atoms with E-state index >= 15 is 0 Å². The molecule has 2 aromatic carbocycles. The van der Waals surface area contributed by atoms with Crippen molar-refractivity contribution >= 4 is 29.2 Å². The average Bonchev–Trinajstić information content (AvgIpc) is 2.70. The molecule has 6 nitrogen and oxygen atoms in total. The molecule has 0 bridgehead atoms. The Morgan fingerprint density at radius 1 is 1.11 bits per heavy atom. The van der Waals surface area contributed by atoms with Gasteiger partial charge in [-0.05, 0) is 42.7 Å². The van der Waals surface area contributed by atoms with Crippen LogP contribution in [0.4, 0.5) is 5.69 Å². The fourth-order valence-electron chi connectivity index (χ4n) is 3.33. The van der Waals surface area contributed by atoms with Crippen molar-refractivity contribution in [1.29, 1.82) is 0 Å². The van der Waals surface area contributed by atoms with Gasteiger partial charge in [-0.3, -0.25) is 4.79 Å². The van der Waals surface area contributed by atoms with Gasteiger partial charge in [-0.15, -0.1) is 0 Å². The number of benzene rings is 2. The van der Waals surface area contributed by atoms with Crippen LogP contribution in [-0.2, 0) is 11.2 Å². The van der Waals surface area contributed by atoms with Gasteiger partial charge in [0.2, 0.25) is 0 Å². The molecule has 0 aliphatic carbocycles. The lowest BCUT2D eigenvalue weighted by atomic mass is 9.95. The Morgan fingerprint density at radius 2 is 1.89 bits per heavy atom. The number of nitrogens with zero attached hydrogens (tertiary/aromatic N) is 1. The maximum atomic E-state index is 13.2. The first-order valence-corrected chi connectivity index (χ1v) is 8.83. The second-order valence-electron chi connectivity index (χ2n) is 6.05. The van der Waals surface area contributed by atoms with Gasteiger partial charge in [0.05, 0.1) is 31.9 Å². The standard InChI is InChI=1S/C20H20ClNO5/c1-25-17-11-12(10-15(21)18(17)26-2)19(23)22-9-5-7-13-14(20(24)27-3)6-4-8-16(13)22/h4,6,8,10-11H,5,7,9H2,1-3H3. The average molecular weight is 390 g/mol. The summed E-state index contributed by atoms with van der Waals surface area (Å²) in [6.45, 7) is 0.544. The molecular formula is C20H20ClNO5. The van der Waals surface area contributed by atoms with E-state index in [1.165, 1.54) is 21.3 Å². The highest BCUT2D eigenvalue weighted by molar-refractivity contribution is 6.32. The Kier molecular flexibility index (Phi) is 5.56. The molecule has 0 saturated carbocycles. The maximum absolute atomic E-state index is 13.2. The highest BCUT2D eigenvalue weighted by Crippen LogP contribution is 2.37. The number of carbonyl (C=O) groups is 2. The van der Waals surface area contributed by atoms with Gasteiger partial charge >= 0.3 is 5.97 Å². The molecule has 0 fully saturated rings. The molecule has 27 heavy (non-hydrogen) atoms. The van der Waals surface area contributed by atoms with E-state index in [0.29, 0.717) is 46.3 Å². The van der Waals surface area contributed by atoms with Crippen LogP contribution >= 0.6 is 11.6 Å². The van der Waals surface area contributed by atoms with E-state index in [9.17, 15) is 9.59 Å². The minimum Gasteiger partial charge on any atom is -0.493 e. The number of hydrogen-bond acceptors (Lipinski definition) is 5. The number of halogens is 1. The number of hydrogen-bond donors (Lipinski definition) is 0. The number of ether oxygens (including phenoxy) is 3. The molecule has 1 aliphatic heterocycles. The fraction of sp³-hybridized carbons (Fsp3) is 0.300. The van der Waals surface area contributed by atoms with Gasteiger partial charge in [-0.1, -0.05) is 17.7 Å². The van der Waals surface area contributed by atoms with Crippen molar-refractivity contribution in [3.8, 4) is 11.5 Å². The third kappa shape index (κ3) is 3.45. The Hall–Kier alpha value is -2.73. The number of carbonyl (C=O) groups excluding carboxylic acids is 2. The lowest BCUT2D eigenvalue weighted by Crippen LogP contribution is -2.36. The van der Waals surface area contributed by atoms with E-state index in [2.05, 4.69) is 0 Å². The summed E-state index contributed by atoms with van der Waals surface area (Å²) < 4.78 is 15.4. The number of rotatable bonds is 4. The topological polar surface area (TPSA) is 65.1 Å². The van der Waals surface area contributed by atoms with Crippen LogP contribution < -0.4 is 14.4 Å². The molecule has 0 radical (unpaired) electrons. The summed E-state index contributed by atoms with van der Waals surface area (Å²) in [5.74, 6) is 0.132. The van der Waals surface area contributed by atoms with Crippen molar-refractivity contribution in [1.82, 2.24) is 0 Å². The molecule has 2 aromatic rings. The number of anilines is 1. The maximum Gasteiger partial charge on any atom is 0.338 e. The highest BCUT2D eigenvalue weighted by Gasteiger charge is 2.28. The minimum absolute atomic E-state index is 0.221. The molecule has 0 N–H and O–H groups in total. The lowest BCUT2D eigenvalue weighted by molar-refractivity contribution is 0.0599. The summed E-state index contributed by atoms with van der Waals surface area (Å²) in [7, 11) is 4.32. The van der Waals surface area contributed by atoms with E-state index < -0.39 is 5.97 Å². The first-order chi connectivity index (χ1) is 13.0. The smallest absolute Gasteiger partial charge is 0.338 e. The van der Waals surface area contributed by atoms with E-state index in [4.69, 9.17) is 25.8 Å². The van der Waals surface area contributed by atoms with Gasteiger partial charge < -0.3 is 19.1 Å². The third-order valence-electron chi connectivity index (χ3n) is 4.58. The van der Waals surface area contributed by atoms with E-state index in [0.717, 1.165) is 12.0 Å². The van der Waals surface area contributed by atoms with Crippen LogP contribution in [0.1, 0.15) is 32.7 Å². The monoisotopic (exact) mass is 389 g/mol. The van der Waals surface area contributed by atoms with Gasteiger partial charge in [0.25, 0.3) is 5.91 Å². The summed E-state index contributed by atoms with van der Waals surface area (Å²) in [6, 6.07) is 8.46. The summed E-state index contributed by atoms with van der Waals surface area (Å²) >= 11 is 6.25. The van der Waals surface area contributed by atoms with Gasteiger partial charge in [0.15, 0.2) is 11.5 Å². The van der Waals surface area contributed by atoms with Crippen LogP contribution in [0.2, 0.25) is 5.02 Å². The van der Waals surface area contributed by atoms with Crippen molar-refractivity contribution in [3.05, 3.63) is 52.0 Å². The van der Waals surface area contributed by atoms with Crippen molar-refractivity contribution in [2.45, 2.75) is 12.8 Å². The second-order valence-corrected chi connectivity index (χ2v) is 6.46. The quantitative estimate of drug-likeness (QED) is 0.745. The molecule has 1 heterocycles. The first-order valence-electron chi connectivity index (χ1n) is 8.45. The molecule has 0 unspecified atom stereocenters. The molecule has 3 rings (SSSR count). The Morgan fingerprint density at radius 3 is 2.56 bits per heavy atom. The molecule has 0 spiro atoms. The number of esters is 1. The van der Waals surface area contributed by atoms with Crippen LogP contribution in [-0.4, -0.2) is 39.8 Å². The summed E-state index contributed by atoms with van der Waals surface area (Å²) in [5.41, 5.74) is 2.39. The normalized spacial score (nSPS) is 13.0. The van der Waals surface area contributed by atoms with Gasteiger partial charge in [0, 0.05) is 17.8 Å². The third-order valence-corrected chi connectivity index (χ3v) is 4.86. The Labute approximate surface area is 162 Å². The molecule has 142 valence electrons. The van der Waals surface area contributed by atoms with Gasteiger partial charge in [-0.2, -0.15) is 0 Å². The van der Waals surface area contributed by atoms with Crippen LogP contribution in [0.25, 0.3) is 0 Å². The van der Waals surface area contributed by atoms with E-state index in [1.54, 1.807) is 29.2 Å². The molecule has 0 atom stereocenters. The van der Waals surface area contributed by atoms with Crippen molar-refractivity contribution in [2.24, 2.45) is 0 Å². The zero-order valence-corrected chi connectivity index (χ0v) is 16.1. The van der Waals surface area contributed by atoms with E-state index in [-0.39, 0.29) is 5.91 Å². The van der Waals surface area contributed by atoms with Crippen LogP contribution in [0, 0.1) is 0 Å². The molecule has 0 saturated heterocycles. The Bertz CT molecular complexity index is 896. The molecule has 0 aromatic heterocycles. The predicted octanol–water partition coefficient (Wildman–Crippen LogP) is 3.74. The zero-order valence-electron chi connectivity index (χ0n) is 15.4. The van der Waals surface area contributed by atoms with Crippen molar-refractivity contribution < 1.29 is 23.8 Å². The van der Waals surface area contributed by atoms with Crippen LogP contribution in [0.5, 0.6) is 11.5 Å². The van der Waals surface area contributed by atoms with Crippen molar-refractivity contribution in [2.75, 3.05) is 32.8 Å². The summed E-state index contributed by atoms with van der Waals surface area (Å²) in [5, 5.41) is 0.292. The van der Waals surface area contributed by atoms with Crippen LogP contribution in [0.3, 0.4) is 0 Å². The highest BCUT2D eigenvalue weighted by atomic mass is 35.5. The minimum atomic E-state index is -0.407. The zero-order chi connectivity index (χ0) is 19.6. The molecular weight excluding hydrogens is 370 g/mol. The largest absolute Gasteiger partial charge is 0.493 e. The van der Waals surface area contributed by atoms with E-state index in [1.807, 2.05) is 6.07 Å². The lowest BCUT2D eigenvalue weighted by Gasteiger charge is -2.30. The predicted molar refractivity (Wildman–Crippen MR) is 102 cm³/mol. The fourth-order valence-corrected chi connectivity index (χ4v) is 3.62. The molecule has 1 amide bonds. The second kappa shape index (κ2) is 7.88. The SMILES string of the molecule is COC(=O)c1cccc2c1CCCN2C(=O)c1cc(Cl)c(OC)c(OC)c1. The Balaban J connectivity index is 2.04. The molecule has 7 heteroatoms. The summed E-state index contributed by atoms with van der Waals surface area (Å²) in [6.07, 6.45) is 1.45. The summed E-state index contributed by atoms with van der Waals surface area (Å²) in [4.78, 5) is 26.9. The van der Waals surface area contributed by atoms with Crippen LogP contribution in [0.15, 0.2) is 30.3 Å². The number of methoxy groups -OCH3 is 3. The molecule has 1 aliphatic rings. The van der Waals surface area contributed by atoms with Gasteiger partial charge in [-0.25, -0.2) is 4.79 Å². The first kappa shape index (κ1) is 19.0.